The molecule has 3 aromatic rings. The molecule has 10 heteroatoms. The minimum atomic E-state index is -4.46. The molecule has 0 amide bonds. The summed E-state index contributed by atoms with van der Waals surface area (Å²) in [6, 6.07) is 10.5. The second-order valence-corrected chi connectivity index (χ2v) is 11.6. The first-order valence-electron chi connectivity index (χ1n) is 13.1. The molecule has 0 saturated carbocycles. The van der Waals surface area contributed by atoms with Gasteiger partial charge in [-0.2, -0.15) is 18.3 Å². The van der Waals surface area contributed by atoms with Crippen molar-refractivity contribution in [3.8, 4) is 5.88 Å². The van der Waals surface area contributed by atoms with Crippen molar-refractivity contribution in [3.05, 3.63) is 74.6 Å². The van der Waals surface area contributed by atoms with Crippen molar-refractivity contribution in [1.29, 1.82) is 0 Å². The van der Waals surface area contributed by atoms with Gasteiger partial charge in [-0.05, 0) is 86.8 Å². The van der Waals surface area contributed by atoms with Crippen LogP contribution in [0.4, 0.5) is 13.2 Å². The zero-order valence-electron chi connectivity index (χ0n) is 22.3. The number of aromatic nitrogens is 3. The Morgan fingerprint density at radius 2 is 1.87 bits per heavy atom. The van der Waals surface area contributed by atoms with Crippen LogP contribution in [0.3, 0.4) is 0 Å². The third-order valence-corrected chi connectivity index (χ3v) is 7.89. The molecule has 39 heavy (non-hydrogen) atoms. The van der Waals surface area contributed by atoms with Crippen LogP contribution in [0.1, 0.15) is 72.8 Å². The minimum absolute atomic E-state index is 0.0654. The van der Waals surface area contributed by atoms with Crippen molar-refractivity contribution in [2.75, 3.05) is 6.61 Å². The topological polar surface area (TPSA) is 77.2 Å². The van der Waals surface area contributed by atoms with Gasteiger partial charge < -0.3 is 9.84 Å². The number of pyridine rings is 1. The number of rotatable bonds is 10. The Kier molecular flexibility index (Phi) is 8.73. The molecule has 0 fully saturated rings. The van der Waals surface area contributed by atoms with Crippen LogP contribution in [-0.4, -0.2) is 38.6 Å². The molecule has 0 aliphatic heterocycles. The lowest BCUT2D eigenvalue weighted by Gasteiger charge is -2.29. The molecule has 1 N–H and O–H groups in total. The molecule has 2 heterocycles. The molecule has 0 spiro atoms. The number of aliphatic carboxylic acids is 1. The van der Waals surface area contributed by atoms with Gasteiger partial charge in [-0.1, -0.05) is 28.1 Å². The first-order valence-corrected chi connectivity index (χ1v) is 13.9. The van der Waals surface area contributed by atoms with Crippen molar-refractivity contribution in [1.82, 2.24) is 14.8 Å². The Hall–Kier alpha value is -2.88. The summed E-state index contributed by atoms with van der Waals surface area (Å²) in [7, 11) is 1.74. The van der Waals surface area contributed by atoms with Gasteiger partial charge in [0.15, 0.2) is 0 Å². The maximum atomic E-state index is 13.7. The fraction of sp³-hybridized carbons (Fsp3) is 0.483. The van der Waals surface area contributed by atoms with Crippen molar-refractivity contribution >= 4 is 21.9 Å². The van der Waals surface area contributed by atoms with Gasteiger partial charge in [0.25, 0.3) is 0 Å². The highest BCUT2D eigenvalue weighted by molar-refractivity contribution is 9.10. The van der Waals surface area contributed by atoms with E-state index in [1.54, 1.807) is 23.9 Å². The van der Waals surface area contributed by atoms with Gasteiger partial charge in [-0.25, -0.2) is 4.68 Å². The first-order chi connectivity index (χ1) is 18.3. The highest BCUT2D eigenvalue weighted by Gasteiger charge is 2.48. The predicted molar refractivity (Wildman–Crippen MR) is 145 cm³/mol. The molecular formula is C29H33BrF3N3O3. The number of alkyl halides is 3. The van der Waals surface area contributed by atoms with E-state index < -0.39 is 23.5 Å². The normalized spacial score (nSPS) is 14.6. The van der Waals surface area contributed by atoms with Crippen molar-refractivity contribution in [2.45, 2.75) is 76.3 Å². The molecular weight excluding hydrogens is 575 g/mol. The summed E-state index contributed by atoms with van der Waals surface area (Å²) in [4.78, 5) is 16.5. The van der Waals surface area contributed by atoms with Crippen LogP contribution < -0.4 is 4.74 Å². The smallest absolute Gasteiger partial charge is 0.397 e. The van der Waals surface area contributed by atoms with Crippen molar-refractivity contribution in [3.63, 3.8) is 0 Å². The van der Waals surface area contributed by atoms with Crippen molar-refractivity contribution in [2.24, 2.45) is 7.05 Å². The monoisotopic (exact) mass is 607 g/mol. The molecule has 1 aliphatic rings. The maximum absolute atomic E-state index is 13.7. The van der Waals surface area contributed by atoms with Crippen LogP contribution in [0.15, 0.2) is 40.9 Å². The molecule has 1 atom stereocenters. The fourth-order valence-corrected chi connectivity index (χ4v) is 5.42. The second-order valence-electron chi connectivity index (χ2n) is 10.7. The first kappa shape index (κ1) is 29.1. The zero-order chi connectivity index (χ0) is 28.4. The van der Waals surface area contributed by atoms with Crippen LogP contribution >= 0.6 is 15.9 Å². The minimum Gasteiger partial charge on any atom is -0.481 e. The van der Waals surface area contributed by atoms with Gasteiger partial charge in [0.1, 0.15) is 0 Å². The molecule has 4 rings (SSSR count). The average Bonchev–Trinajstić information content (AvgIpc) is 3.20. The number of ether oxygens (including phenoxy) is 1. The van der Waals surface area contributed by atoms with Crippen LogP contribution in [0.5, 0.6) is 5.88 Å². The molecule has 1 aromatic carbocycles. The number of nitrogens with zero attached hydrogens (tertiary/aromatic N) is 3. The number of halogens is 4. The van der Waals surface area contributed by atoms with Crippen LogP contribution in [0, 0.1) is 0 Å². The van der Waals surface area contributed by atoms with Gasteiger partial charge in [0, 0.05) is 35.4 Å². The van der Waals surface area contributed by atoms with E-state index in [1.807, 2.05) is 6.07 Å². The lowest BCUT2D eigenvalue weighted by Crippen LogP contribution is -2.36. The molecule has 2 aromatic heterocycles. The van der Waals surface area contributed by atoms with Gasteiger partial charge in [-0.3, -0.25) is 9.78 Å². The highest BCUT2D eigenvalue weighted by Crippen LogP contribution is 2.42. The van der Waals surface area contributed by atoms with Gasteiger partial charge in [-0.15, -0.1) is 0 Å². The van der Waals surface area contributed by atoms with Gasteiger partial charge in [0.05, 0.1) is 24.1 Å². The van der Waals surface area contributed by atoms with E-state index in [4.69, 9.17) is 9.72 Å². The lowest BCUT2D eigenvalue weighted by atomic mass is 9.81. The number of carboxylic acids is 1. The average molecular weight is 608 g/mol. The quantitative estimate of drug-likeness (QED) is 0.277. The second kappa shape index (κ2) is 11.7. The van der Waals surface area contributed by atoms with E-state index >= 15 is 0 Å². The maximum Gasteiger partial charge on any atom is 0.397 e. The van der Waals surface area contributed by atoms with Crippen LogP contribution in [-0.2, 0) is 42.9 Å². The van der Waals surface area contributed by atoms with E-state index in [9.17, 15) is 23.1 Å². The summed E-state index contributed by atoms with van der Waals surface area (Å²) in [5, 5.41) is 14.1. The SMILES string of the molecule is Cn1nc(CC(CC(=O)O)c2cc(Br)cc(C(C)(C)C(F)(F)F)c2)cc1OCCc1ccc2c(n1)CCCC2. The summed E-state index contributed by atoms with van der Waals surface area (Å²) in [5.74, 6) is -1.09. The van der Waals surface area contributed by atoms with Gasteiger partial charge in [0.2, 0.25) is 5.88 Å². The molecule has 0 bridgehead atoms. The molecule has 6 nitrogen and oxygen atoms in total. The number of hydrogen-bond donors (Lipinski definition) is 1. The largest absolute Gasteiger partial charge is 0.481 e. The van der Waals surface area contributed by atoms with E-state index in [-0.39, 0.29) is 18.4 Å². The summed E-state index contributed by atoms with van der Waals surface area (Å²) in [6.07, 6.45) is 0.641. The molecule has 0 radical (unpaired) electrons. The summed E-state index contributed by atoms with van der Waals surface area (Å²) in [6.45, 7) is 2.64. The van der Waals surface area contributed by atoms with E-state index in [2.05, 4.69) is 27.1 Å². The third-order valence-electron chi connectivity index (χ3n) is 7.43. The fourth-order valence-electron chi connectivity index (χ4n) is 4.91. The molecule has 0 saturated heterocycles. The third kappa shape index (κ3) is 7.01. The van der Waals surface area contributed by atoms with Gasteiger partial charge >= 0.3 is 12.1 Å². The number of aryl methyl sites for hydroxylation is 3. The molecule has 1 unspecified atom stereocenters. The highest BCUT2D eigenvalue weighted by atomic mass is 79.9. The number of hydrogen-bond acceptors (Lipinski definition) is 4. The Morgan fingerprint density at radius 3 is 2.59 bits per heavy atom. The van der Waals surface area contributed by atoms with E-state index in [0.717, 1.165) is 32.4 Å². The summed E-state index contributed by atoms with van der Waals surface area (Å²) >= 11 is 3.32. The Morgan fingerprint density at radius 1 is 1.13 bits per heavy atom. The number of fused-ring (bicyclic) bond motifs is 1. The molecule has 1 aliphatic carbocycles. The van der Waals surface area contributed by atoms with E-state index in [1.165, 1.54) is 36.2 Å². The Bertz CT molecular complexity index is 1340. The number of carboxylic acid groups (broad SMARTS) is 1. The van der Waals surface area contributed by atoms with Crippen molar-refractivity contribution < 1.29 is 27.8 Å². The molecule has 210 valence electrons. The summed E-state index contributed by atoms with van der Waals surface area (Å²) in [5.41, 5.74) is 2.56. The summed E-state index contributed by atoms with van der Waals surface area (Å²) < 4.78 is 49.2. The zero-order valence-corrected chi connectivity index (χ0v) is 23.9. The predicted octanol–water partition coefficient (Wildman–Crippen LogP) is 6.72. The van der Waals surface area contributed by atoms with E-state index in [0.29, 0.717) is 34.6 Å². The van der Waals surface area contributed by atoms with Crippen LogP contribution in [0.2, 0.25) is 0 Å². The lowest BCUT2D eigenvalue weighted by molar-refractivity contribution is -0.180. The Labute approximate surface area is 234 Å². The standard InChI is InChI=1S/C29H33BrF3N3O3/c1-28(2,29(31,32)33)21-12-19(13-22(30)16-21)20(15-27(37)38)14-24-17-26(36(3)35-24)39-11-10-23-9-8-18-6-4-5-7-25(18)34-23/h8-9,12-13,16-17,20H,4-7,10-11,14-15H2,1-3H3,(H,37,38). The Balaban J connectivity index is 1.48. The number of benzene rings is 1. The van der Waals surface area contributed by atoms with Crippen LogP contribution in [0.25, 0.3) is 0 Å². The number of carbonyl (C=O) groups is 1.